The van der Waals surface area contributed by atoms with Crippen molar-refractivity contribution in [3.63, 3.8) is 0 Å². The van der Waals surface area contributed by atoms with E-state index in [4.69, 9.17) is 14.2 Å². The molecule has 332 valence electrons. The fraction of sp³-hybridized carbons (Fsp3) is 0.712. The first-order valence-electron chi connectivity index (χ1n) is 24.0. The maximum atomic E-state index is 12.7. The average Bonchev–Trinajstić information content (AvgIpc) is 3.22. The molecule has 0 aliphatic heterocycles. The Morgan fingerprint density at radius 2 is 0.690 bits per heavy atom. The molecule has 0 fully saturated rings. The molecule has 0 saturated carbocycles. The lowest BCUT2D eigenvalue weighted by Crippen LogP contribution is -2.30. The minimum Gasteiger partial charge on any atom is -0.462 e. The summed E-state index contributed by atoms with van der Waals surface area (Å²) in [6.45, 7) is 6.41. The van der Waals surface area contributed by atoms with Gasteiger partial charge in [0.2, 0.25) is 0 Å². The molecule has 1 unspecified atom stereocenters. The lowest BCUT2D eigenvalue weighted by Gasteiger charge is -2.18. The summed E-state index contributed by atoms with van der Waals surface area (Å²) in [6.07, 6.45) is 57.3. The Labute approximate surface area is 357 Å². The quantitative estimate of drug-likeness (QED) is 0.0201. The van der Waals surface area contributed by atoms with Gasteiger partial charge in [0, 0.05) is 19.3 Å². The van der Waals surface area contributed by atoms with Crippen LogP contribution in [-0.4, -0.2) is 37.2 Å². The Morgan fingerprint density at radius 3 is 1.16 bits per heavy atom. The van der Waals surface area contributed by atoms with E-state index in [0.29, 0.717) is 19.3 Å². The summed E-state index contributed by atoms with van der Waals surface area (Å²) < 4.78 is 16.7. The molecule has 0 saturated heterocycles. The summed E-state index contributed by atoms with van der Waals surface area (Å²) in [7, 11) is 0. The topological polar surface area (TPSA) is 78.9 Å². The highest BCUT2D eigenvalue weighted by Gasteiger charge is 2.19. The SMILES string of the molecule is CC\C=C/C=C\C=C/C=C\CCCCCCCC(=O)OCC(COC(=O)CCCCCCC/C=C\CCCCC)OC(=O)CCCCC/C=C\CCCCCCCC. The number of hydrogen-bond acceptors (Lipinski definition) is 6. The molecule has 0 aliphatic carbocycles. The Balaban J connectivity index is 4.46. The number of carbonyl (C=O) groups excluding carboxylic acids is 3. The van der Waals surface area contributed by atoms with Crippen LogP contribution >= 0.6 is 0 Å². The van der Waals surface area contributed by atoms with E-state index in [1.165, 1.54) is 77.0 Å². The molecule has 0 amide bonds. The summed E-state index contributed by atoms with van der Waals surface area (Å²) >= 11 is 0. The van der Waals surface area contributed by atoms with Crippen molar-refractivity contribution in [2.45, 2.75) is 226 Å². The van der Waals surface area contributed by atoms with E-state index in [9.17, 15) is 14.4 Å². The number of carbonyl (C=O) groups is 3. The summed E-state index contributed by atoms with van der Waals surface area (Å²) in [5.41, 5.74) is 0. The third-order valence-electron chi connectivity index (χ3n) is 10.0. The van der Waals surface area contributed by atoms with Gasteiger partial charge in [-0.15, -0.1) is 0 Å². The Morgan fingerprint density at radius 1 is 0.362 bits per heavy atom. The predicted octanol–water partition coefficient (Wildman–Crippen LogP) is 15.5. The first-order valence-corrected chi connectivity index (χ1v) is 24.0. The normalized spacial score (nSPS) is 12.7. The largest absolute Gasteiger partial charge is 0.462 e. The molecule has 0 radical (unpaired) electrons. The molecule has 0 heterocycles. The number of rotatable bonds is 42. The van der Waals surface area contributed by atoms with E-state index in [-0.39, 0.29) is 31.1 Å². The monoisotopic (exact) mass is 809 g/mol. The highest BCUT2D eigenvalue weighted by molar-refractivity contribution is 5.71. The highest BCUT2D eigenvalue weighted by Crippen LogP contribution is 2.13. The van der Waals surface area contributed by atoms with Gasteiger partial charge in [-0.05, 0) is 89.9 Å². The van der Waals surface area contributed by atoms with Crippen molar-refractivity contribution in [2.75, 3.05) is 13.2 Å². The van der Waals surface area contributed by atoms with Crippen molar-refractivity contribution in [2.24, 2.45) is 0 Å². The van der Waals surface area contributed by atoms with E-state index in [1.54, 1.807) is 0 Å². The molecule has 0 aliphatic rings. The molecular weight excluding hydrogens is 721 g/mol. The van der Waals surface area contributed by atoms with Gasteiger partial charge in [-0.1, -0.05) is 184 Å². The smallest absolute Gasteiger partial charge is 0.306 e. The number of unbranched alkanes of at least 4 members (excludes halogenated alkanes) is 22. The van der Waals surface area contributed by atoms with Crippen LogP contribution < -0.4 is 0 Å². The zero-order valence-corrected chi connectivity index (χ0v) is 37.8. The predicted molar refractivity (Wildman–Crippen MR) is 247 cm³/mol. The third kappa shape index (κ3) is 44.0. The molecule has 1 atom stereocenters. The van der Waals surface area contributed by atoms with Gasteiger partial charge in [0.25, 0.3) is 0 Å². The van der Waals surface area contributed by atoms with Gasteiger partial charge in [-0.3, -0.25) is 14.4 Å². The van der Waals surface area contributed by atoms with Crippen LogP contribution in [0.2, 0.25) is 0 Å². The van der Waals surface area contributed by atoms with Crippen LogP contribution in [-0.2, 0) is 28.6 Å². The Hall–Kier alpha value is -3.15. The molecule has 0 aromatic rings. The second kappa shape index (κ2) is 46.5. The van der Waals surface area contributed by atoms with Crippen LogP contribution in [0.1, 0.15) is 220 Å². The van der Waals surface area contributed by atoms with Gasteiger partial charge in [-0.2, -0.15) is 0 Å². The number of ether oxygens (including phenoxy) is 3. The van der Waals surface area contributed by atoms with Crippen molar-refractivity contribution in [3.05, 3.63) is 72.9 Å². The zero-order chi connectivity index (χ0) is 42.3. The first kappa shape index (κ1) is 54.9. The van der Waals surface area contributed by atoms with Gasteiger partial charge >= 0.3 is 17.9 Å². The lowest BCUT2D eigenvalue weighted by molar-refractivity contribution is -0.167. The van der Waals surface area contributed by atoms with Gasteiger partial charge in [0.1, 0.15) is 13.2 Å². The highest BCUT2D eigenvalue weighted by atomic mass is 16.6. The molecule has 6 nitrogen and oxygen atoms in total. The number of esters is 3. The number of allylic oxidation sites excluding steroid dienone is 12. The lowest BCUT2D eigenvalue weighted by atomic mass is 10.1. The summed E-state index contributed by atoms with van der Waals surface area (Å²) in [6, 6.07) is 0. The molecule has 0 aromatic carbocycles. The maximum absolute atomic E-state index is 12.7. The zero-order valence-electron chi connectivity index (χ0n) is 37.8. The van der Waals surface area contributed by atoms with Crippen LogP contribution in [0, 0.1) is 0 Å². The van der Waals surface area contributed by atoms with Crippen LogP contribution in [0.4, 0.5) is 0 Å². The maximum Gasteiger partial charge on any atom is 0.306 e. The fourth-order valence-corrected chi connectivity index (χ4v) is 6.38. The molecule has 58 heavy (non-hydrogen) atoms. The van der Waals surface area contributed by atoms with Crippen LogP contribution in [0.25, 0.3) is 0 Å². The van der Waals surface area contributed by atoms with E-state index >= 15 is 0 Å². The molecule has 6 heteroatoms. The number of hydrogen-bond donors (Lipinski definition) is 0. The molecule has 0 rings (SSSR count). The summed E-state index contributed by atoms with van der Waals surface area (Å²) in [5, 5.41) is 0. The van der Waals surface area contributed by atoms with Crippen molar-refractivity contribution in [1.29, 1.82) is 0 Å². The van der Waals surface area contributed by atoms with Crippen LogP contribution in [0.15, 0.2) is 72.9 Å². The average molecular weight is 809 g/mol. The standard InChI is InChI=1S/C52H88O6/c1-4-7-10-13-16-19-22-25-26-28-30-33-36-39-42-45-51(54)57-48-49(47-56-50(53)44-41-38-35-32-29-24-21-18-15-12-9-6-3)58-52(55)46-43-40-37-34-31-27-23-20-17-14-11-8-5-2/h7,10,13,16,18-19,21-22,25-27,31,49H,4-6,8-9,11-12,14-15,17,20,23-24,28-30,32-48H2,1-3H3/b10-7-,16-13-,21-18-,22-19-,26-25-,31-27-. The molecular formula is C52H88O6. The molecule has 0 aromatic heterocycles. The van der Waals surface area contributed by atoms with Crippen LogP contribution in [0.5, 0.6) is 0 Å². The van der Waals surface area contributed by atoms with Crippen molar-refractivity contribution in [1.82, 2.24) is 0 Å². The fourth-order valence-electron chi connectivity index (χ4n) is 6.38. The molecule has 0 spiro atoms. The second-order valence-electron chi connectivity index (χ2n) is 15.7. The third-order valence-corrected chi connectivity index (χ3v) is 10.0. The summed E-state index contributed by atoms with van der Waals surface area (Å²) in [5.74, 6) is -0.946. The van der Waals surface area contributed by atoms with Crippen molar-refractivity contribution in [3.8, 4) is 0 Å². The summed E-state index contributed by atoms with van der Waals surface area (Å²) in [4.78, 5) is 37.8. The Bertz CT molecular complexity index is 1110. The van der Waals surface area contributed by atoms with Gasteiger partial charge in [-0.25, -0.2) is 0 Å². The van der Waals surface area contributed by atoms with E-state index < -0.39 is 6.10 Å². The van der Waals surface area contributed by atoms with E-state index in [0.717, 1.165) is 103 Å². The van der Waals surface area contributed by atoms with Crippen LogP contribution in [0.3, 0.4) is 0 Å². The van der Waals surface area contributed by atoms with E-state index in [2.05, 4.69) is 75.5 Å². The van der Waals surface area contributed by atoms with Crippen molar-refractivity contribution >= 4 is 17.9 Å². The second-order valence-corrected chi connectivity index (χ2v) is 15.7. The minimum absolute atomic E-state index is 0.0942. The minimum atomic E-state index is -0.794. The van der Waals surface area contributed by atoms with Crippen molar-refractivity contribution < 1.29 is 28.6 Å². The van der Waals surface area contributed by atoms with Gasteiger partial charge in [0.15, 0.2) is 6.10 Å². The van der Waals surface area contributed by atoms with Gasteiger partial charge in [0.05, 0.1) is 0 Å². The van der Waals surface area contributed by atoms with Gasteiger partial charge < -0.3 is 14.2 Å². The first-order chi connectivity index (χ1) is 28.5. The Kier molecular flexibility index (Phi) is 44.0. The molecule has 0 bridgehead atoms. The van der Waals surface area contributed by atoms with E-state index in [1.807, 2.05) is 18.2 Å². The molecule has 0 N–H and O–H groups in total.